The summed E-state index contributed by atoms with van der Waals surface area (Å²) in [4.78, 5) is 76.7. The maximum Gasteiger partial charge on any atom is 0.301 e. The highest BCUT2D eigenvalue weighted by Crippen LogP contribution is 2.67. The number of nitrogens with zero attached hydrogens (tertiary/aromatic N) is 5. The van der Waals surface area contributed by atoms with E-state index in [0.717, 1.165) is 17.0 Å². The van der Waals surface area contributed by atoms with E-state index in [-0.39, 0.29) is 41.3 Å². The Morgan fingerprint density at radius 3 is 2.08 bits per heavy atom. The van der Waals surface area contributed by atoms with Crippen LogP contribution in [0.1, 0.15) is 24.3 Å². The van der Waals surface area contributed by atoms with Crippen molar-refractivity contribution in [2.45, 2.75) is 28.5 Å². The second-order valence-corrected chi connectivity index (χ2v) is 13.8. The number of phenolic OH excluding ortho intramolecular Hbond substituents is 1. The number of anilines is 2. The number of carbonyl (C=O) groups is 4. The predicted molar refractivity (Wildman–Crippen MR) is 173 cm³/mol. The van der Waals surface area contributed by atoms with E-state index in [0.29, 0.717) is 10.5 Å². The molecule has 3 fully saturated rings. The van der Waals surface area contributed by atoms with Gasteiger partial charge in [0.2, 0.25) is 11.8 Å². The van der Waals surface area contributed by atoms with Crippen LogP contribution in [0.3, 0.4) is 0 Å². The number of imide groups is 2. The van der Waals surface area contributed by atoms with Gasteiger partial charge in [-0.1, -0.05) is 11.6 Å². The summed E-state index contributed by atoms with van der Waals surface area (Å²) < 4.78 is 10.8. The van der Waals surface area contributed by atoms with E-state index in [9.17, 15) is 44.5 Å². The lowest BCUT2D eigenvalue weighted by molar-refractivity contribution is -0.392. The minimum absolute atomic E-state index is 0.00618. The summed E-state index contributed by atoms with van der Waals surface area (Å²) in [7, 11) is 6.64. The molecule has 6 atom stereocenters. The number of halogens is 2. The Labute approximate surface area is 288 Å². The number of alkyl halides is 2. The van der Waals surface area contributed by atoms with Crippen LogP contribution >= 0.6 is 23.2 Å². The average molecular weight is 719 g/mol. The van der Waals surface area contributed by atoms with E-state index in [4.69, 9.17) is 32.7 Å². The zero-order chi connectivity index (χ0) is 36.1. The topological polar surface area (TPSA) is 203 Å². The third kappa shape index (κ3) is 4.42. The molecule has 4 amide bonds. The molecule has 4 aliphatic rings. The van der Waals surface area contributed by atoms with Crippen molar-refractivity contribution in [3.63, 3.8) is 0 Å². The van der Waals surface area contributed by atoms with Gasteiger partial charge in [-0.3, -0.25) is 44.3 Å². The third-order valence-electron chi connectivity index (χ3n) is 10.0. The second kappa shape index (κ2) is 11.3. The van der Waals surface area contributed by atoms with Gasteiger partial charge in [0.1, 0.15) is 17.2 Å². The summed E-state index contributed by atoms with van der Waals surface area (Å²) in [5.74, 6) is -8.15. The SMILES string of the molecule is COc1cc(O)c([C@H]2C3=CC[C@@H]4C(=O)N(c5cc([N+](=O)[O-])c(N(C)C)c([N+](=O)[O-])c5)C(=O)[C@@H]4[C@@H]3C[C@@]3(Cl)C(=O)N(C)C(=O)[C@@]23Cl)c(OC)c1. The van der Waals surface area contributed by atoms with Gasteiger partial charge in [0.25, 0.3) is 11.8 Å². The molecular formula is C31H29Cl2N5O11. The monoisotopic (exact) mass is 717 g/mol. The first kappa shape index (κ1) is 33.9. The minimum atomic E-state index is -2.22. The third-order valence-corrected chi connectivity index (χ3v) is 11.4. The van der Waals surface area contributed by atoms with Crippen LogP contribution < -0.4 is 19.3 Å². The molecule has 1 saturated carbocycles. The summed E-state index contributed by atoms with van der Waals surface area (Å²) in [6.07, 6.45) is 1.17. The Hall–Kier alpha value is -4.96. The van der Waals surface area contributed by atoms with Crippen molar-refractivity contribution < 1.29 is 43.6 Å². The molecule has 2 saturated heterocycles. The molecule has 0 bridgehead atoms. The summed E-state index contributed by atoms with van der Waals surface area (Å²) in [6, 6.07) is 4.55. The first-order chi connectivity index (χ1) is 23.0. The Kier molecular flexibility index (Phi) is 7.82. The van der Waals surface area contributed by atoms with E-state index in [2.05, 4.69) is 0 Å². The number of allylic oxidation sites excluding steroid dienone is 2. The lowest BCUT2D eigenvalue weighted by Gasteiger charge is -2.51. The molecule has 49 heavy (non-hydrogen) atoms. The first-order valence-electron chi connectivity index (χ1n) is 14.8. The molecular weight excluding hydrogens is 689 g/mol. The molecule has 0 aromatic heterocycles. The van der Waals surface area contributed by atoms with Gasteiger partial charge in [-0.15, -0.1) is 23.2 Å². The van der Waals surface area contributed by atoms with Crippen LogP contribution in [-0.2, 0) is 19.2 Å². The number of aromatic hydroxyl groups is 1. The second-order valence-electron chi connectivity index (χ2n) is 12.5. The van der Waals surface area contributed by atoms with Gasteiger partial charge in [-0.25, -0.2) is 4.90 Å². The van der Waals surface area contributed by atoms with Crippen LogP contribution in [-0.4, -0.2) is 88.6 Å². The van der Waals surface area contributed by atoms with Gasteiger partial charge in [-0.05, 0) is 18.8 Å². The van der Waals surface area contributed by atoms with Crippen LogP contribution in [0.4, 0.5) is 22.7 Å². The number of methoxy groups -OCH3 is 2. The largest absolute Gasteiger partial charge is 0.507 e. The van der Waals surface area contributed by atoms with Crippen LogP contribution in [0.2, 0.25) is 0 Å². The minimum Gasteiger partial charge on any atom is -0.507 e. The van der Waals surface area contributed by atoms with Crippen molar-refractivity contribution in [3.05, 3.63) is 61.7 Å². The van der Waals surface area contributed by atoms with Gasteiger partial charge in [0.05, 0.1) is 41.6 Å². The first-order valence-corrected chi connectivity index (χ1v) is 15.6. The van der Waals surface area contributed by atoms with Crippen molar-refractivity contribution in [2.75, 3.05) is 45.2 Å². The lowest BCUT2D eigenvalue weighted by atomic mass is 9.56. The van der Waals surface area contributed by atoms with Gasteiger partial charge in [0.15, 0.2) is 15.4 Å². The fourth-order valence-electron chi connectivity index (χ4n) is 7.94. The Morgan fingerprint density at radius 1 is 0.939 bits per heavy atom. The Bertz CT molecular complexity index is 1900. The Morgan fingerprint density at radius 2 is 1.55 bits per heavy atom. The van der Waals surface area contributed by atoms with E-state index in [1.165, 1.54) is 52.4 Å². The summed E-state index contributed by atoms with van der Waals surface area (Å²) >= 11 is 14.4. The van der Waals surface area contributed by atoms with Crippen LogP contribution in [0.5, 0.6) is 17.2 Å². The van der Waals surface area contributed by atoms with Gasteiger partial charge in [-0.2, -0.15) is 0 Å². The van der Waals surface area contributed by atoms with Crippen molar-refractivity contribution in [1.29, 1.82) is 0 Å². The molecule has 16 nitrogen and oxygen atoms in total. The van der Waals surface area contributed by atoms with E-state index >= 15 is 0 Å². The molecule has 6 rings (SSSR count). The molecule has 0 spiro atoms. The molecule has 0 unspecified atom stereocenters. The fourth-order valence-corrected chi connectivity index (χ4v) is 8.94. The molecule has 2 aromatic carbocycles. The van der Waals surface area contributed by atoms with Gasteiger partial charge < -0.3 is 19.5 Å². The zero-order valence-electron chi connectivity index (χ0n) is 26.6. The van der Waals surface area contributed by atoms with Crippen molar-refractivity contribution in [3.8, 4) is 17.2 Å². The number of benzene rings is 2. The maximum atomic E-state index is 14.4. The maximum absolute atomic E-state index is 14.4. The van der Waals surface area contributed by atoms with Crippen LogP contribution in [0.25, 0.3) is 0 Å². The smallest absolute Gasteiger partial charge is 0.301 e. The number of nitro groups is 2. The van der Waals surface area contributed by atoms with Crippen LogP contribution in [0.15, 0.2) is 35.9 Å². The molecule has 2 aliphatic carbocycles. The molecule has 2 heterocycles. The highest BCUT2D eigenvalue weighted by Gasteiger charge is 2.76. The predicted octanol–water partition coefficient (Wildman–Crippen LogP) is 3.49. The van der Waals surface area contributed by atoms with Gasteiger partial charge >= 0.3 is 11.4 Å². The number of carbonyl (C=O) groups excluding carboxylic acids is 4. The molecule has 2 aliphatic heterocycles. The molecule has 18 heteroatoms. The summed E-state index contributed by atoms with van der Waals surface area (Å²) in [5, 5.41) is 35.4. The van der Waals surface area contributed by atoms with Crippen LogP contribution in [0, 0.1) is 38.0 Å². The number of ether oxygens (including phenoxy) is 2. The zero-order valence-corrected chi connectivity index (χ0v) is 28.1. The summed E-state index contributed by atoms with van der Waals surface area (Å²) in [6.45, 7) is 0. The quantitative estimate of drug-likeness (QED) is 0.144. The van der Waals surface area contributed by atoms with E-state index < -0.39 is 84.0 Å². The Balaban J connectivity index is 1.54. The van der Waals surface area contributed by atoms with Crippen molar-refractivity contribution >= 4 is 69.6 Å². The standard InChI is InChI=1S/C31H29Cl2N5O11/c1-34(2)25-18(37(44)45)8-13(9-19(25)38(46)47)36-26(40)16-7-6-15-17(22(16)27(36)41)12-30(32)28(42)35(3)29(43)31(30,33)24(15)23-20(39)10-14(48-4)11-21(23)49-5/h6,8-11,16-17,22,24,39H,7,12H2,1-5H3/t16-,17+,22-,24+,30+,31-/m0/s1. The highest BCUT2D eigenvalue weighted by molar-refractivity contribution is 6.53. The van der Waals surface area contributed by atoms with E-state index in [1.807, 2.05) is 0 Å². The van der Waals surface area contributed by atoms with Gasteiger partial charge in [0, 0.05) is 56.9 Å². The lowest BCUT2D eigenvalue weighted by Crippen LogP contribution is -2.60. The number of rotatable bonds is 7. The van der Waals surface area contributed by atoms with Crippen molar-refractivity contribution in [1.82, 2.24) is 4.90 Å². The summed E-state index contributed by atoms with van der Waals surface area (Å²) in [5.41, 5.74) is -1.78. The number of phenols is 1. The molecule has 1 N–H and O–H groups in total. The number of amides is 4. The molecule has 2 aromatic rings. The number of nitro benzene ring substituents is 2. The molecule has 258 valence electrons. The average Bonchev–Trinajstić information content (AvgIpc) is 3.38. The fraction of sp³-hybridized carbons (Fsp3) is 0.419. The highest BCUT2D eigenvalue weighted by atomic mass is 35.5. The molecule has 0 radical (unpaired) electrons. The number of hydrogen-bond donors (Lipinski definition) is 1. The number of likely N-dealkylation sites (tertiary alicyclic amines) is 1. The normalized spacial score (nSPS) is 28.9. The van der Waals surface area contributed by atoms with Crippen molar-refractivity contribution in [2.24, 2.45) is 17.8 Å². The van der Waals surface area contributed by atoms with E-state index in [1.54, 1.807) is 6.08 Å². The number of hydrogen-bond acceptors (Lipinski definition) is 12. The number of fused-ring (bicyclic) bond motifs is 4.